The Morgan fingerprint density at radius 2 is 1.95 bits per heavy atom. The summed E-state index contributed by atoms with van der Waals surface area (Å²) in [5, 5.41) is 6.66. The molecule has 1 aliphatic rings. The number of ketones is 1. The van der Waals surface area contributed by atoms with Crippen LogP contribution in [0, 0.1) is 19.8 Å². The van der Waals surface area contributed by atoms with Crippen molar-refractivity contribution in [2.45, 2.75) is 44.9 Å². The van der Waals surface area contributed by atoms with E-state index in [1.54, 1.807) is 13.8 Å². The van der Waals surface area contributed by atoms with Gasteiger partial charge in [-0.05, 0) is 26.7 Å². The van der Waals surface area contributed by atoms with Crippen LogP contribution in [0.15, 0.2) is 4.90 Å². The van der Waals surface area contributed by atoms with Gasteiger partial charge in [-0.15, -0.1) is 0 Å². The zero-order valence-electron chi connectivity index (χ0n) is 12.1. The van der Waals surface area contributed by atoms with E-state index in [0.29, 0.717) is 43.7 Å². The van der Waals surface area contributed by atoms with E-state index in [9.17, 15) is 13.2 Å². The smallest absolute Gasteiger partial charge is 0.246 e. The van der Waals surface area contributed by atoms with Gasteiger partial charge in [-0.2, -0.15) is 9.40 Å². The molecule has 0 aliphatic carbocycles. The molecule has 0 saturated carbocycles. The maximum atomic E-state index is 12.6. The SMILES string of the molecule is CCC(=O)C1CCN(S(=O)(=O)c2c(C)n[nH]c2C)CC1. The maximum Gasteiger partial charge on any atom is 0.246 e. The quantitative estimate of drug-likeness (QED) is 0.911. The summed E-state index contributed by atoms with van der Waals surface area (Å²) in [5.74, 6) is 0.246. The van der Waals surface area contributed by atoms with Gasteiger partial charge in [0.05, 0.1) is 11.4 Å². The predicted octanol–water partition coefficient (Wildman–Crippen LogP) is 1.41. The highest BCUT2D eigenvalue weighted by molar-refractivity contribution is 7.89. The highest BCUT2D eigenvalue weighted by Gasteiger charge is 2.34. The summed E-state index contributed by atoms with van der Waals surface area (Å²) in [6.45, 7) is 6.05. The zero-order chi connectivity index (χ0) is 14.9. The molecular formula is C13H21N3O3S. The Balaban J connectivity index is 2.16. The second-order valence-corrected chi connectivity index (χ2v) is 7.14. The van der Waals surface area contributed by atoms with Gasteiger partial charge in [-0.1, -0.05) is 6.92 Å². The summed E-state index contributed by atoms with van der Waals surface area (Å²) in [7, 11) is -3.51. The van der Waals surface area contributed by atoms with E-state index in [1.165, 1.54) is 4.31 Å². The van der Waals surface area contributed by atoms with Gasteiger partial charge >= 0.3 is 0 Å². The number of rotatable bonds is 4. The van der Waals surface area contributed by atoms with Crippen molar-refractivity contribution in [1.29, 1.82) is 0 Å². The molecule has 1 aromatic rings. The van der Waals surface area contributed by atoms with Crippen LogP contribution in [0.4, 0.5) is 0 Å². The molecule has 0 unspecified atom stereocenters. The summed E-state index contributed by atoms with van der Waals surface area (Å²) >= 11 is 0. The molecule has 0 aromatic carbocycles. The molecule has 1 saturated heterocycles. The van der Waals surface area contributed by atoms with Crippen LogP contribution in [-0.4, -0.2) is 41.8 Å². The Morgan fingerprint density at radius 3 is 2.40 bits per heavy atom. The van der Waals surface area contributed by atoms with Crippen molar-refractivity contribution in [1.82, 2.24) is 14.5 Å². The van der Waals surface area contributed by atoms with Crippen LogP contribution in [0.2, 0.25) is 0 Å². The zero-order valence-corrected chi connectivity index (χ0v) is 13.0. The van der Waals surface area contributed by atoms with Gasteiger partial charge in [0.1, 0.15) is 10.7 Å². The topological polar surface area (TPSA) is 83.1 Å². The summed E-state index contributed by atoms with van der Waals surface area (Å²) in [6, 6.07) is 0. The first-order valence-corrected chi connectivity index (χ1v) is 8.36. The number of nitrogens with one attached hydrogen (secondary N) is 1. The molecule has 0 radical (unpaired) electrons. The van der Waals surface area contributed by atoms with E-state index in [2.05, 4.69) is 10.2 Å². The van der Waals surface area contributed by atoms with Crippen LogP contribution in [0.3, 0.4) is 0 Å². The maximum absolute atomic E-state index is 12.6. The van der Waals surface area contributed by atoms with Crippen LogP contribution in [0.25, 0.3) is 0 Å². The van der Waals surface area contributed by atoms with Crippen LogP contribution in [0.5, 0.6) is 0 Å². The first-order valence-electron chi connectivity index (χ1n) is 6.92. The number of carbonyl (C=O) groups is 1. The Labute approximate surface area is 119 Å². The van der Waals surface area contributed by atoms with E-state index in [1.807, 2.05) is 6.92 Å². The Bertz CT molecular complexity index is 579. The highest BCUT2D eigenvalue weighted by Crippen LogP contribution is 2.27. The van der Waals surface area contributed by atoms with Gasteiger partial charge in [0.15, 0.2) is 0 Å². The number of aryl methyl sites for hydroxylation is 2. The number of nitrogens with zero attached hydrogens (tertiary/aromatic N) is 2. The van der Waals surface area contributed by atoms with E-state index >= 15 is 0 Å². The molecule has 1 N–H and O–H groups in total. The van der Waals surface area contributed by atoms with Crippen LogP contribution in [0.1, 0.15) is 37.6 Å². The van der Waals surface area contributed by atoms with Crippen molar-refractivity contribution in [3.63, 3.8) is 0 Å². The number of aromatic amines is 1. The lowest BCUT2D eigenvalue weighted by Crippen LogP contribution is -2.40. The van der Waals surface area contributed by atoms with Gasteiger partial charge in [-0.3, -0.25) is 9.89 Å². The van der Waals surface area contributed by atoms with Crippen molar-refractivity contribution < 1.29 is 13.2 Å². The molecule has 0 spiro atoms. The van der Waals surface area contributed by atoms with Crippen molar-refractivity contribution in [3.05, 3.63) is 11.4 Å². The molecule has 112 valence electrons. The van der Waals surface area contributed by atoms with E-state index in [4.69, 9.17) is 0 Å². The standard InChI is InChI=1S/C13H21N3O3S/c1-4-12(17)11-5-7-16(8-6-11)20(18,19)13-9(2)14-15-10(13)3/h11H,4-8H2,1-3H3,(H,14,15). The van der Waals surface area contributed by atoms with E-state index < -0.39 is 10.0 Å². The molecule has 1 aliphatic heterocycles. The molecule has 7 heteroatoms. The molecular weight excluding hydrogens is 278 g/mol. The minimum atomic E-state index is -3.51. The molecule has 1 fully saturated rings. The summed E-state index contributed by atoms with van der Waals surface area (Å²) in [5.41, 5.74) is 1.06. The first kappa shape index (κ1) is 15.2. The number of aromatic nitrogens is 2. The van der Waals surface area contributed by atoms with Gasteiger partial charge in [0, 0.05) is 25.4 Å². The van der Waals surface area contributed by atoms with Crippen molar-refractivity contribution in [2.24, 2.45) is 5.92 Å². The average Bonchev–Trinajstić information content (AvgIpc) is 2.78. The van der Waals surface area contributed by atoms with Crippen molar-refractivity contribution in [2.75, 3.05) is 13.1 Å². The largest absolute Gasteiger partial charge is 0.299 e. The second kappa shape index (κ2) is 5.65. The fraction of sp³-hybridized carbons (Fsp3) is 0.692. The van der Waals surface area contributed by atoms with Gasteiger partial charge in [0.2, 0.25) is 10.0 Å². The molecule has 2 heterocycles. The predicted molar refractivity (Wildman–Crippen MR) is 74.8 cm³/mol. The molecule has 1 aromatic heterocycles. The number of hydrogen-bond acceptors (Lipinski definition) is 4. The third-order valence-corrected chi connectivity index (χ3v) is 6.08. The minimum absolute atomic E-state index is 0.0120. The lowest BCUT2D eigenvalue weighted by atomic mass is 9.92. The molecule has 20 heavy (non-hydrogen) atoms. The Kier molecular flexibility index (Phi) is 4.29. The normalized spacial score (nSPS) is 18.4. The van der Waals surface area contributed by atoms with Gasteiger partial charge in [0.25, 0.3) is 0 Å². The first-order chi connectivity index (χ1) is 9.37. The van der Waals surface area contributed by atoms with Crippen molar-refractivity contribution >= 4 is 15.8 Å². The highest BCUT2D eigenvalue weighted by atomic mass is 32.2. The van der Waals surface area contributed by atoms with Crippen molar-refractivity contribution in [3.8, 4) is 0 Å². The van der Waals surface area contributed by atoms with Gasteiger partial charge in [-0.25, -0.2) is 8.42 Å². The number of hydrogen-bond donors (Lipinski definition) is 1. The number of H-pyrrole nitrogens is 1. The molecule has 2 rings (SSSR count). The second-order valence-electron chi connectivity index (χ2n) is 5.26. The number of sulfonamides is 1. The summed E-state index contributed by atoms with van der Waals surface area (Å²) in [6.07, 6.45) is 1.75. The molecule has 6 nitrogen and oxygen atoms in total. The monoisotopic (exact) mass is 299 g/mol. The molecule has 0 atom stereocenters. The van der Waals surface area contributed by atoms with E-state index in [0.717, 1.165) is 0 Å². The minimum Gasteiger partial charge on any atom is -0.299 e. The fourth-order valence-electron chi connectivity index (χ4n) is 2.76. The average molecular weight is 299 g/mol. The fourth-order valence-corrected chi connectivity index (χ4v) is 4.56. The summed E-state index contributed by atoms with van der Waals surface area (Å²) in [4.78, 5) is 12.0. The van der Waals surface area contributed by atoms with Crippen LogP contribution < -0.4 is 0 Å². The number of piperidine rings is 1. The lowest BCUT2D eigenvalue weighted by Gasteiger charge is -2.30. The third kappa shape index (κ3) is 2.64. The summed E-state index contributed by atoms with van der Waals surface area (Å²) < 4.78 is 26.7. The number of Topliss-reactive ketones (excluding diaryl/α,β-unsaturated/α-hetero) is 1. The lowest BCUT2D eigenvalue weighted by molar-refractivity contribution is -0.123. The third-order valence-electron chi connectivity index (χ3n) is 3.92. The Hall–Kier alpha value is -1.21. The number of carbonyl (C=O) groups excluding carboxylic acids is 1. The van der Waals surface area contributed by atoms with Gasteiger partial charge < -0.3 is 0 Å². The van der Waals surface area contributed by atoms with Crippen LogP contribution >= 0.6 is 0 Å². The van der Waals surface area contributed by atoms with E-state index in [-0.39, 0.29) is 16.6 Å². The molecule has 0 amide bonds. The van der Waals surface area contributed by atoms with Crippen LogP contribution in [-0.2, 0) is 14.8 Å². The Morgan fingerprint density at radius 1 is 1.35 bits per heavy atom. The molecule has 0 bridgehead atoms.